The second-order valence-corrected chi connectivity index (χ2v) is 6.94. The normalized spacial score (nSPS) is 11.1. The van der Waals surface area contributed by atoms with Gasteiger partial charge in [0.2, 0.25) is 5.89 Å². The average molecular weight is 374 g/mol. The summed E-state index contributed by atoms with van der Waals surface area (Å²) in [6.45, 7) is 4.30. The molecule has 0 saturated carbocycles. The van der Waals surface area contributed by atoms with Gasteiger partial charge in [0.05, 0.1) is 0 Å². The first-order valence-electron chi connectivity index (χ1n) is 9.07. The van der Waals surface area contributed by atoms with E-state index >= 15 is 0 Å². The van der Waals surface area contributed by atoms with Gasteiger partial charge in [-0.15, -0.1) is 0 Å². The second kappa shape index (κ2) is 7.27. The number of nitrogens with one attached hydrogen (secondary N) is 1. The van der Waals surface area contributed by atoms with Crippen molar-refractivity contribution in [3.8, 4) is 11.5 Å². The lowest BCUT2D eigenvalue weighted by atomic mass is 10.0. The van der Waals surface area contributed by atoms with E-state index < -0.39 is 0 Å². The zero-order valence-corrected chi connectivity index (χ0v) is 15.6. The molecule has 3 aromatic carbocycles. The van der Waals surface area contributed by atoms with Gasteiger partial charge in [0.25, 0.3) is 5.91 Å². The zero-order valence-electron chi connectivity index (χ0n) is 15.6. The Morgan fingerprint density at radius 3 is 2.39 bits per heavy atom. The number of rotatable bonds is 4. The summed E-state index contributed by atoms with van der Waals surface area (Å²) in [4.78, 5) is 16.8. The minimum Gasteiger partial charge on any atom is -0.436 e. The van der Waals surface area contributed by atoms with Gasteiger partial charge in [-0.25, -0.2) is 9.37 Å². The molecule has 4 rings (SSSR count). The van der Waals surface area contributed by atoms with Gasteiger partial charge in [-0.2, -0.15) is 0 Å². The van der Waals surface area contributed by atoms with E-state index in [1.165, 1.54) is 29.8 Å². The third-order valence-electron chi connectivity index (χ3n) is 4.58. The Kier molecular flexibility index (Phi) is 4.65. The van der Waals surface area contributed by atoms with E-state index in [-0.39, 0.29) is 11.7 Å². The van der Waals surface area contributed by atoms with Crippen molar-refractivity contribution in [2.75, 3.05) is 5.32 Å². The molecule has 28 heavy (non-hydrogen) atoms. The summed E-state index contributed by atoms with van der Waals surface area (Å²) in [6.07, 6.45) is 0. The van der Waals surface area contributed by atoms with Crippen LogP contribution < -0.4 is 5.32 Å². The molecule has 5 heteroatoms. The molecule has 0 aliphatic rings. The SMILES string of the molecule is CC(C)c1ccc(-c2nc3cc(NC(=O)c4ccc(F)cc4)ccc3o2)cc1. The fraction of sp³-hybridized carbons (Fsp3) is 0.130. The lowest BCUT2D eigenvalue weighted by Crippen LogP contribution is -2.11. The van der Waals surface area contributed by atoms with Crippen LogP contribution in [0.2, 0.25) is 0 Å². The quantitative estimate of drug-likeness (QED) is 0.476. The van der Waals surface area contributed by atoms with Gasteiger partial charge >= 0.3 is 0 Å². The van der Waals surface area contributed by atoms with Gasteiger partial charge in [0.1, 0.15) is 11.3 Å². The Bertz CT molecular complexity index is 1130. The van der Waals surface area contributed by atoms with Crippen LogP contribution in [0.1, 0.15) is 35.7 Å². The van der Waals surface area contributed by atoms with Crippen molar-refractivity contribution in [3.05, 3.63) is 83.7 Å². The largest absolute Gasteiger partial charge is 0.436 e. The Labute approximate surface area is 162 Å². The summed E-state index contributed by atoms with van der Waals surface area (Å²) in [7, 11) is 0. The van der Waals surface area contributed by atoms with Crippen molar-refractivity contribution in [1.29, 1.82) is 0 Å². The molecule has 0 aliphatic carbocycles. The predicted octanol–water partition coefficient (Wildman–Crippen LogP) is 6.01. The molecule has 4 aromatic rings. The third kappa shape index (κ3) is 3.64. The lowest BCUT2D eigenvalue weighted by molar-refractivity contribution is 0.102. The van der Waals surface area contributed by atoms with Gasteiger partial charge in [-0.05, 0) is 66.1 Å². The average Bonchev–Trinajstić information content (AvgIpc) is 3.12. The number of anilines is 1. The van der Waals surface area contributed by atoms with Gasteiger partial charge in [0, 0.05) is 16.8 Å². The maximum absolute atomic E-state index is 13.0. The topological polar surface area (TPSA) is 55.1 Å². The minimum atomic E-state index is -0.380. The molecule has 1 N–H and O–H groups in total. The first kappa shape index (κ1) is 17.9. The molecule has 0 spiro atoms. The Morgan fingerprint density at radius 1 is 1.00 bits per heavy atom. The van der Waals surface area contributed by atoms with E-state index in [0.717, 1.165) is 5.56 Å². The predicted molar refractivity (Wildman–Crippen MR) is 108 cm³/mol. The highest BCUT2D eigenvalue weighted by atomic mass is 19.1. The van der Waals surface area contributed by atoms with Crippen molar-refractivity contribution in [2.24, 2.45) is 0 Å². The van der Waals surface area contributed by atoms with Crippen molar-refractivity contribution < 1.29 is 13.6 Å². The van der Waals surface area contributed by atoms with Crippen LogP contribution in [0.15, 0.2) is 71.1 Å². The molecule has 0 bridgehead atoms. The second-order valence-electron chi connectivity index (χ2n) is 6.94. The molecule has 140 valence electrons. The number of halogens is 1. The minimum absolute atomic E-state index is 0.313. The molecule has 0 aliphatic heterocycles. The fourth-order valence-corrected chi connectivity index (χ4v) is 2.94. The number of carbonyl (C=O) groups is 1. The number of aromatic nitrogens is 1. The molecule has 0 radical (unpaired) electrons. The number of hydrogen-bond acceptors (Lipinski definition) is 3. The highest BCUT2D eigenvalue weighted by Crippen LogP contribution is 2.27. The summed E-state index contributed by atoms with van der Waals surface area (Å²) in [5.74, 6) is 0.305. The summed E-state index contributed by atoms with van der Waals surface area (Å²) in [6, 6.07) is 18.8. The van der Waals surface area contributed by atoms with Gasteiger partial charge in [-0.3, -0.25) is 4.79 Å². The van der Waals surface area contributed by atoms with Crippen LogP contribution in [-0.4, -0.2) is 10.9 Å². The Morgan fingerprint density at radius 2 is 1.71 bits per heavy atom. The molecule has 0 saturated heterocycles. The first-order valence-corrected chi connectivity index (χ1v) is 9.07. The van der Waals surface area contributed by atoms with Gasteiger partial charge < -0.3 is 9.73 Å². The molecule has 0 atom stereocenters. The molecular formula is C23H19FN2O2. The van der Waals surface area contributed by atoms with Crippen LogP contribution in [0, 0.1) is 5.82 Å². The molecule has 1 aromatic heterocycles. The fourth-order valence-electron chi connectivity index (χ4n) is 2.94. The van der Waals surface area contributed by atoms with E-state index in [0.29, 0.717) is 34.2 Å². The van der Waals surface area contributed by atoms with E-state index in [1.54, 1.807) is 18.2 Å². The number of hydrogen-bond donors (Lipinski definition) is 1. The number of carbonyl (C=O) groups excluding carboxylic acids is 1. The van der Waals surface area contributed by atoms with Gasteiger partial charge in [-0.1, -0.05) is 26.0 Å². The summed E-state index contributed by atoms with van der Waals surface area (Å²) >= 11 is 0. The van der Waals surface area contributed by atoms with Crippen LogP contribution >= 0.6 is 0 Å². The van der Waals surface area contributed by atoms with Crippen LogP contribution in [0.4, 0.5) is 10.1 Å². The monoisotopic (exact) mass is 374 g/mol. The number of oxazole rings is 1. The maximum atomic E-state index is 13.0. The lowest BCUT2D eigenvalue weighted by Gasteiger charge is -2.04. The summed E-state index contributed by atoms with van der Waals surface area (Å²) < 4.78 is 18.9. The molecule has 1 amide bonds. The molecule has 4 nitrogen and oxygen atoms in total. The Balaban J connectivity index is 1.57. The van der Waals surface area contributed by atoms with Crippen molar-refractivity contribution >= 4 is 22.7 Å². The van der Waals surface area contributed by atoms with E-state index in [1.807, 2.05) is 12.1 Å². The summed E-state index contributed by atoms with van der Waals surface area (Å²) in [5, 5.41) is 2.80. The molecule has 0 unspecified atom stereocenters. The maximum Gasteiger partial charge on any atom is 0.255 e. The van der Waals surface area contributed by atoms with E-state index in [4.69, 9.17) is 4.42 Å². The standard InChI is InChI=1S/C23H19FN2O2/c1-14(2)15-3-5-17(6-4-15)23-26-20-13-19(11-12-21(20)28-23)25-22(27)16-7-9-18(24)10-8-16/h3-14H,1-2H3,(H,25,27). The van der Waals surface area contributed by atoms with Crippen molar-refractivity contribution in [2.45, 2.75) is 19.8 Å². The van der Waals surface area contributed by atoms with Crippen molar-refractivity contribution in [1.82, 2.24) is 4.98 Å². The van der Waals surface area contributed by atoms with Gasteiger partial charge in [0.15, 0.2) is 5.58 Å². The smallest absolute Gasteiger partial charge is 0.255 e. The Hall–Kier alpha value is -3.47. The van der Waals surface area contributed by atoms with Crippen molar-refractivity contribution in [3.63, 3.8) is 0 Å². The number of fused-ring (bicyclic) bond motifs is 1. The van der Waals surface area contributed by atoms with Crippen LogP contribution in [0.25, 0.3) is 22.6 Å². The number of nitrogens with zero attached hydrogens (tertiary/aromatic N) is 1. The summed E-state index contributed by atoms with van der Waals surface area (Å²) in [5.41, 5.74) is 4.43. The molecular weight excluding hydrogens is 355 g/mol. The zero-order chi connectivity index (χ0) is 19.7. The first-order chi connectivity index (χ1) is 13.5. The molecule has 0 fully saturated rings. The van der Waals surface area contributed by atoms with Crippen LogP contribution in [0.5, 0.6) is 0 Å². The van der Waals surface area contributed by atoms with E-state index in [9.17, 15) is 9.18 Å². The highest BCUT2D eigenvalue weighted by molar-refractivity contribution is 6.04. The van der Waals surface area contributed by atoms with Crippen LogP contribution in [-0.2, 0) is 0 Å². The third-order valence-corrected chi connectivity index (χ3v) is 4.58. The van der Waals surface area contributed by atoms with Crippen LogP contribution in [0.3, 0.4) is 0 Å². The number of amides is 1. The number of benzene rings is 3. The highest BCUT2D eigenvalue weighted by Gasteiger charge is 2.11. The molecule has 1 heterocycles. The van der Waals surface area contributed by atoms with E-state index in [2.05, 4.69) is 36.3 Å².